The van der Waals surface area contributed by atoms with Crippen molar-refractivity contribution < 1.29 is 9.59 Å². The second-order valence-corrected chi connectivity index (χ2v) is 8.50. The van der Waals surface area contributed by atoms with Gasteiger partial charge in [-0.3, -0.25) is 9.59 Å². The van der Waals surface area contributed by atoms with Crippen molar-refractivity contribution in [2.24, 2.45) is 0 Å². The first-order chi connectivity index (χ1) is 12.0. The van der Waals surface area contributed by atoms with E-state index in [1.54, 1.807) is 34.6 Å². The zero-order valence-electron chi connectivity index (χ0n) is 14.4. The lowest BCUT2D eigenvalue weighted by Crippen LogP contribution is -2.37. The monoisotopic (exact) mass is 377 g/mol. The zero-order chi connectivity index (χ0) is 17.7. The number of carbonyl (C=O) groups excluding carboxylic acids is 2. The van der Waals surface area contributed by atoms with Gasteiger partial charge < -0.3 is 14.7 Å². The van der Waals surface area contributed by atoms with Gasteiger partial charge in [-0.05, 0) is 25.8 Å². The second kappa shape index (κ2) is 6.06. The van der Waals surface area contributed by atoms with E-state index in [9.17, 15) is 9.59 Å². The van der Waals surface area contributed by atoms with Crippen molar-refractivity contribution in [3.8, 4) is 0 Å². The Morgan fingerprint density at radius 1 is 1.16 bits per heavy atom. The van der Waals surface area contributed by atoms with Crippen LogP contribution in [0.1, 0.15) is 32.7 Å². The number of aryl methyl sites for hydroxylation is 1. The second-order valence-electron chi connectivity index (χ2n) is 6.26. The quantitative estimate of drug-likeness (QED) is 0.800. The van der Waals surface area contributed by atoms with Crippen LogP contribution >= 0.6 is 22.7 Å². The summed E-state index contributed by atoms with van der Waals surface area (Å²) in [5.74, 6) is -0.0655. The van der Waals surface area contributed by atoms with Crippen molar-refractivity contribution in [2.75, 3.05) is 36.5 Å². The van der Waals surface area contributed by atoms with Crippen LogP contribution in [0.2, 0.25) is 0 Å². The van der Waals surface area contributed by atoms with Gasteiger partial charge in [-0.1, -0.05) is 11.3 Å². The molecule has 0 N–H and O–H groups in total. The summed E-state index contributed by atoms with van der Waals surface area (Å²) in [6, 6.07) is 0. The summed E-state index contributed by atoms with van der Waals surface area (Å²) in [5.41, 5.74) is 1.82. The summed E-state index contributed by atoms with van der Waals surface area (Å²) < 4.78 is 0. The fraction of sp³-hybridized carbons (Fsp3) is 0.500. The Bertz CT molecular complexity index is 859. The number of amides is 2. The van der Waals surface area contributed by atoms with Gasteiger partial charge in [-0.15, -0.1) is 21.5 Å². The number of likely N-dealkylation sites (N-methyl/N-ethyl adjacent to an activating group) is 2. The average molecular weight is 377 g/mol. The van der Waals surface area contributed by atoms with E-state index in [4.69, 9.17) is 0 Å². The highest BCUT2D eigenvalue weighted by atomic mass is 32.1. The van der Waals surface area contributed by atoms with Crippen molar-refractivity contribution in [3.63, 3.8) is 0 Å². The molecule has 7 nitrogen and oxygen atoms in total. The molecule has 9 heteroatoms. The van der Waals surface area contributed by atoms with Crippen LogP contribution in [-0.2, 0) is 17.8 Å². The molecule has 0 spiro atoms. The topological polar surface area (TPSA) is 69.6 Å². The lowest BCUT2D eigenvalue weighted by Gasteiger charge is -2.26. The van der Waals surface area contributed by atoms with E-state index in [1.165, 1.54) is 4.90 Å². The SMILES string of the molecule is CCN1C(=O)CN(C)C(=O)c2c1sc1c2CCN(c2nnc(C)s2)C1. The zero-order valence-corrected chi connectivity index (χ0v) is 16.0. The molecule has 0 atom stereocenters. The fourth-order valence-electron chi connectivity index (χ4n) is 3.36. The molecule has 0 saturated carbocycles. The van der Waals surface area contributed by atoms with Gasteiger partial charge in [0.05, 0.1) is 12.1 Å². The molecular formula is C16H19N5O2S2. The van der Waals surface area contributed by atoms with Crippen LogP contribution in [0.4, 0.5) is 10.1 Å². The van der Waals surface area contributed by atoms with Crippen LogP contribution in [0.5, 0.6) is 0 Å². The first-order valence-corrected chi connectivity index (χ1v) is 9.88. The van der Waals surface area contributed by atoms with Crippen LogP contribution in [0.3, 0.4) is 0 Å². The third kappa shape index (κ3) is 2.62. The Labute approximate surface area is 153 Å². The number of carbonyl (C=O) groups is 2. The predicted molar refractivity (Wildman–Crippen MR) is 98.7 cm³/mol. The Kier molecular flexibility index (Phi) is 3.99. The van der Waals surface area contributed by atoms with Crippen molar-refractivity contribution in [3.05, 3.63) is 21.0 Å². The molecule has 2 amide bonds. The summed E-state index contributed by atoms with van der Waals surface area (Å²) in [5, 5.41) is 11.0. The maximum atomic E-state index is 12.9. The van der Waals surface area contributed by atoms with Gasteiger partial charge in [0.15, 0.2) is 0 Å². The Balaban J connectivity index is 1.76. The number of nitrogens with zero attached hydrogens (tertiary/aromatic N) is 5. The van der Waals surface area contributed by atoms with E-state index >= 15 is 0 Å². The van der Waals surface area contributed by atoms with E-state index in [1.807, 2.05) is 13.8 Å². The molecule has 0 aliphatic carbocycles. The largest absolute Gasteiger partial charge is 0.341 e. The van der Waals surface area contributed by atoms with Gasteiger partial charge in [0.2, 0.25) is 11.0 Å². The minimum Gasteiger partial charge on any atom is -0.341 e. The summed E-state index contributed by atoms with van der Waals surface area (Å²) in [6.07, 6.45) is 0.783. The maximum Gasteiger partial charge on any atom is 0.257 e. The molecule has 4 rings (SSSR count). The number of thiophene rings is 1. The number of anilines is 2. The highest BCUT2D eigenvalue weighted by Crippen LogP contribution is 2.42. The van der Waals surface area contributed by atoms with Crippen LogP contribution < -0.4 is 9.80 Å². The summed E-state index contributed by atoms with van der Waals surface area (Å²) in [6.45, 7) is 6.13. The smallest absolute Gasteiger partial charge is 0.257 e. The van der Waals surface area contributed by atoms with Crippen LogP contribution in [0, 0.1) is 6.92 Å². The van der Waals surface area contributed by atoms with Crippen molar-refractivity contribution in [2.45, 2.75) is 26.8 Å². The molecule has 0 aromatic carbocycles. The molecule has 0 radical (unpaired) electrons. The lowest BCUT2D eigenvalue weighted by molar-refractivity contribution is -0.118. The number of fused-ring (bicyclic) bond motifs is 3. The molecule has 4 heterocycles. The molecule has 0 bridgehead atoms. The Morgan fingerprint density at radius 2 is 1.96 bits per heavy atom. The third-order valence-electron chi connectivity index (χ3n) is 4.62. The normalized spacial score (nSPS) is 17.6. The summed E-state index contributed by atoms with van der Waals surface area (Å²) in [7, 11) is 1.70. The molecule has 132 valence electrons. The lowest BCUT2D eigenvalue weighted by atomic mass is 10.0. The van der Waals surface area contributed by atoms with Crippen molar-refractivity contribution in [1.82, 2.24) is 15.1 Å². The van der Waals surface area contributed by atoms with Gasteiger partial charge in [0.1, 0.15) is 16.6 Å². The van der Waals surface area contributed by atoms with Gasteiger partial charge >= 0.3 is 0 Å². The van der Waals surface area contributed by atoms with E-state index < -0.39 is 0 Å². The molecule has 25 heavy (non-hydrogen) atoms. The van der Waals surface area contributed by atoms with E-state index in [2.05, 4.69) is 15.1 Å². The number of aromatic nitrogens is 2. The molecule has 0 fully saturated rings. The third-order valence-corrected chi connectivity index (χ3v) is 6.76. The van der Waals surface area contributed by atoms with Crippen LogP contribution in [-0.4, -0.2) is 53.6 Å². The number of rotatable bonds is 2. The minimum absolute atomic E-state index is 0.0210. The Hall–Kier alpha value is -2.00. The number of hydrogen-bond donors (Lipinski definition) is 0. The first kappa shape index (κ1) is 16.5. The van der Waals surface area contributed by atoms with E-state index in [-0.39, 0.29) is 18.4 Å². The van der Waals surface area contributed by atoms with Gasteiger partial charge in [-0.2, -0.15) is 0 Å². The highest BCUT2D eigenvalue weighted by molar-refractivity contribution is 7.17. The molecule has 2 aromatic rings. The predicted octanol–water partition coefficient (Wildman–Crippen LogP) is 1.91. The molecule has 2 aliphatic heterocycles. The Morgan fingerprint density at radius 3 is 2.64 bits per heavy atom. The highest BCUT2D eigenvalue weighted by Gasteiger charge is 2.36. The molecule has 0 unspecified atom stereocenters. The minimum atomic E-state index is -0.0444. The van der Waals surface area contributed by atoms with Gasteiger partial charge in [0, 0.05) is 25.0 Å². The van der Waals surface area contributed by atoms with Crippen molar-refractivity contribution >= 4 is 44.6 Å². The summed E-state index contributed by atoms with van der Waals surface area (Å²) in [4.78, 5) is 32.0. The van der Waals surface area contributed by atoms with E-state index in [0.717, 1.165) is 44.1 Å². The standard InChI is InChI=1S/C16H19N5O2S2/c1-4-21-12(22)8-19(3)14(23)13-10-5-6-20(7-11(10)25-15(13)21)16-18-17-9(2)24-16/h4-8H2,1-3H3. The van der Waals surface area contributed by atoms with Gasteiger partial charge in [-0.25, -0.2) is 0 Å². The summed E-state index contributed by atoms with van der Waals surface area (Å²) >= 11 is 3.15. The molecule has 0 saturated heterocycles. The first-order valence-electron chi connectivity index (χ1n) is 8.25. The molecule has 2 aliphatic rings. The van der Waals surface area contributed by atoms with Gasteiger partial charge in [0.25, 0.3) is 5.91 Å². The number of hydrogen-bond acceptors (Lipinski definition) is 7. The average Bonchev–Trinajstić information content (AvgIpc) is 3.15. The van der Waals surface area contributed by atoms with Crippen LogP contribution in [0.15, 0.2) is 0 Å². The fourth-order valence-corrected chi connectivity index (χ4v) is 5.51. The van der Waals surface area contributed by atoms with Crippen molar-refractivity contribution in [1.29, 1.82) is 0 Å². The van der Waals surface area contributed by atoms with E-state index in [0.29, 0.717) is 13.1 Å². The van der Waals surface area contributed by atoms with Crippen LogP contribution in [0.25, 0.3) is 0 Å². The maximum absolute atomic E-state index is 12.9. The molecular weight excluding hydrogens is 358 g/mol. The molecule has 2 aromatic heterocycles.